The van der Waals surface area contributed by atoms with Crippen LogP contribution in [-0.4, -0.2) is 27.6 Å². The van der Waals surface area contributed by atoms with Crippen LogP contribution in [0.15, 0.2) is 65.5 Å². The van der Waals surface area contributed by atoms with Crippen LogP contribution < -0.4 is 10.9 Å². The molecule has 1 heterocycles. The van der Waals surface area contributed by atoms with Crippen LogP contribution in [0.5, 0.6) is 0 Å². The average molecular weight is 417 g/mol. The lowest BCUT2D eigenvalue weighted by atomic mass is 9.91. The first-order valence-corrected chi connectivity index (χ1v) is 8.90. The number of aliphatic hydroxyl groups excluding tert-OH is 1. The van der Waals surface area contributed by atoms with Crippen molar-refractivity contribution in [2.45, 2.75) is 18.6 Å². The van der Waals surface area contributed by atoms with Gasteiger partial charge in [0.1, 0.15) is 11.5 Å². The van der Waals surface area contributed by atoms with E-state index in [-0.39, 0.29) is 17.1 Å². The fourth-order valence-electron chi connectivity index (χ4n) is 2.85. The Morgan fingerprint density at radius 2 is 1.67 bits per heavy atom. The number of hydrogen-bond acceptors (Lipinski definition) is 4. The number of aliphatic hydroxyl groups is 1. The van der Waals surface area contributed by atoms with E-state index in [4.69, 9.17) is 0 Å². The van der Waals surface area contributed by atoms with Gasteiger partial charge in [-0.3, -0.25) is 9.59 Å². The molecule has 1 amide bonds. The summed E-state index contributed by atoms with van der Waals surface area (Å²) in [6, 6.07) is 13.8. The number of halogens is 3. The number of alkyl halides is 3. The van der Waals surface area contributed by atoms with Crippen molar-refractivity contribution in [2.24, 2.45) is 0 Å². The number of hydrogen-bond donors (Lipinski definition) is 3. The summed E-state index contributed by atoms with van der Waals surface area (Å²) in [5.74, 6) is -0.566. The molecule has 156 valence electrons. The van der Waals surface area contributed by atoms with E-state index in [0.29, 0.717) is 5.56 Å². The average Bonchev–Trinajstić information content (AvgIpc) is 2.73. The predicted molar refractivity (Wildman–Crippen MR) is 104 cm³/mol. The molecule has 0 spiro atoms. The van der Waals surface area contributed by atoms with E-state index in [9.17, 15) is 27.9 Å². The van der Waals surface area contributed by atoms with Crippen molar-refractivity contribution in [1.82, 2.24) is 15.3 Å². The zero-order chi connectivity index (χ0) is 21.9. The van der Waals surface area contributed by atoms with Gasteiger partial charge in [-0.2, -0.15) is 13.2 Å². The zero-order valence-corrected chi connectivity index (χ0v) is 15.8. The molecule has 0 fully saturated rings. The second-order valence-electron chi connectivity index (χ2n) is 6.86. The van der Waals surface area contributed by atoms with Gasteiger partial charge >= 0.3 is 6.18 Å². The van der Waals surface area contributed by atoms with Crippen LogP contribution in [0, 0.1) is 0 Å². The van der Waals surface area contributed by atoms with E-state index in [0.717, 1.165) is 18.2 Å². The number of amides is 1. The Balaban J connectivity index is 1.90. The first kappa shape index (κ1) is 21.3. The summed E-state index contributed by atoms with van der Waals surface area (Å²) in [5.41, 5.74) is -2.12. The topological polar surface area (TPSA) is 95.1 Å². The van der Waals surface area contributed by atoms with E-state index in [1.54, 1.807) is 30.3 Å². The third kappa shape index (κ3) is 4.57. The van der Waals surface area contributed by atoms with Crippen LogP contribution in [-0.2, 0) is 11.7 Å². The normalized spacial score (nSPS) is 13.5. The molecular weight excluding hydrogens is 399 g/mol. The Morgan fingerprint density at radius 1 is 1.07 bits per heavy atom. The number of carbonyl (C=O) groups excluding carboxylic acids is 1. The lowest BCUT2D eigenvalue weighted by molar-refractivity contribution is -0.137. The number of H-pyrrole nitrogens is 1. The summed E-state index contributed by atoms with van der Waals surface area (Å²) < 4.78 is 38.4. The van der Waals surface area contributed by atoms with Gasteiger partial charge in [0.05, 0.1) is 17.7 Å². The lowest BCUT2D eigenvalue weighted by Crippen LogP contribution is -2.46. The van der Waals surface area contributed by atoms with Crippen LogP contribution in [0.25, 0.3) is 11.4 Å². The van der Waals surface area contributed by atoms with Crippen LogP contribution in [0.1, 0.15) is 28.5 Å². The summed E-state index contributed by atoms with van der Waals surface area (Å²) in [5, 5.41) is 12.4. The molecule has 1 atom stereocenters. The van der Waals surface area contributed by atoms with Crippen molar-refractivity contribution in [3.8, 4) is 11.4 Å². The molecule has 3 rings (SSSR count). The van der Waals surface area contributed by atoms with Gasteiger partial charge in [-0.05, 0) is 24.6 Å². The minimum atomic E-state index is -4.50. The number of aromatic amines is 1. The molecular formula is C21H18F3N3O3. The fourth-order valence-corrected chi connectivity index (χ4v) is 2.85. The number of carbonyl (C=O) groups is 1. The SMILES string of the molecule is C[C@](CO)(NC(=O)c1cc(=O)[nH]c(-c2ccccc2)n1)c1ccc(C(F)(F)F)cc1. The molecule has 6 nitrogen and oxygen atoms in total. The van der Waals surface area contributed by atoms with Crippen LogP contribution in [0.4, 0.5) is 13.2 Å². The highest BCUT2D eigenvalue weighted by Crippen LogP contribution is 2.31. The molecule has 3 aromatic rings. The number of nitrogens with zero attached hydrogens (tertiary/aromatic N) is 1. The Hall–Kier alpha value is -3.46. The second-order valence-corrected chi connectivity index (χ2v) is 6.86. The minimum Gasteiger partial charge on any atom is -0.394 e. The molecule has 0 unspecified atom stereocenters. The van der Waals surface area contributed by atoms with Crippen molar-refractivity contribution in [1.29, 1.82) is 0 Å². The maximum atomic E-state index is 12.8. The standard InChI is InChI=1S/C21H18F3N3O3/c1-20(12-28,14-7-9-15(10-8-14)21(22,23)24)27-19(30)16-11-17(29)26-18(25-16)13-5-3-2-4-6-13/h2-11,28H,12H2,1H3,(H,27,30)(H,25,26,29)/t20-/m1/s1. The van der Waals surface area contributed by atoms with Gasteiger partial charge in [-0.1, -0.05) is 42.5 Å². The van der Waals surface area contributed by atoms with Gasteiger partial charge in [0.15, 0.2) is 0 Å². The van der Waals surface area contributed by atoms with Gasteiger partial charge in [-0.25, -0.2) is 4.98 Å². The van der Waals surface area contributed by atoms with E-state index >= 15 is 0 Å². The minimum absolute atomic E-state index is 0.188. The molecule has 0 bridgehead atoms. The fraction of sp³-hybridized carbons (Fsp3) is 0.190. The Labute approximate surface area is 169 Å². The molecule has 30 heavy (non-hydrogen) atoms. The third-order valence-corrected chi connectivity index (χ3v) is 4.58. The summed E-state index contributed by atoms with van der Waals surface area (Å²) in [6.45, 7) is 0.873. The van der Waals surface area contributed by atoms with Gasteiger partial charge in [-0.15, -0.1) is 0 Å². The summed E-state index contributed by atoms with van der Waals surface area (Å²) in [4.78, 5) is 31.4. The summed E-state index contributed by atoms with van der Waals surface area (Å²) in [7, 11) is 0. The quantitative estimate of drug-likeness (QED) is 0.595. The molecule has 0 aliphatic heterocycles. The number of rotatable bonds is 5. The smallest absolute Gasteiger partial charge is 0.394 e. The lowest BCUT2D eigenvalue weighted by Gasteiger charge is -2.29. The molecule has 9 heteroatoms. The van der Waals surface area contributed by atoms with Crippen LogP contribution in [0.3, 0.4) is 0 Å². The molecule has 0 radical (unpaired) electrons. The maximum absolute atomic E-state index is 12.8. The third-order valence-electron chi connectivity index (χ3n) is 4.58. The molecule has 3 N–H and O–H groups in total. The molecule has 1 aromatic heterocycles. The zero-order valence-electron chi connectivity index (χ0n) is 15.8. The van der Waals surface area contributed by atoms with Crippen molar-refractivity contribution >= 4 is 5.91 Å². The van der Waals surface area contributed by atoms with Crippen LogP contribution in [0.2, 0.25) is 0 Å². The highest BCUT2D eigenvalue weighted by Gasteiger charge is 2.33. The molecule has 0 saturated carbocycles. The molecule has 0 aliphatic rings. The second kappa shape index (κ2) is 8.11. The first-order chi connectivity index (χ1) is 14.1. The van der Waals surface area contributed by atoms with E-state index < -0.39 is 35.4 Å². The van der Waals surface area contributed by atoms with E-state index in [1.807, 2.05) is 0 Å². The van der Waals surface area contributed by atoms with Gasteiger partial charge < -0.3 is 15.4 Å². The first-order valence-electron chi connectivity index (χ1n) is 8.90. The van der Waals surface area contributed by atoms with Gasteiger partial charge in [0.2, 0.25) is 0 Å². The highest BCUT2D eigenvalue weighted by molar-refractivity contribution is 5.93. The largest absolute Gasteiger partial charge is 0.416 e. The summed E-state index contributed by atoms with van der Waals surface area (Å²) in [6.07, 6.45) is -4.50. The van der Waals surface area contributed by atoms with Gasteiger partial charge in [0, 0.05) is 11.6 Å². The van der Waals surface area contributed by atoms with Crippen molar-refractivity contribution in [3.05, 3.63) is 87.8 Å². The predicted octanol–water partition coefficient (Wildman–Crippen LogP) is 3.09. The Bertz CT molecular complexity index is 1100. The molecule has 0 saturated heterocycles. The maximum Gasteiger partial charge on any atom is 0.416 e. The Kier molecular flexibility index (Phi) is 5.75. The van der Waals surface area contributed by atoms with Crippen molar-refractivity contribution in [2.75, 3.05) is 6.61 Å². The number of aromatic nitrogens is 2. The van der Waals surface area contributed by atoms with Gasteiger partial charge in [0.25, 0.3) is 11.5 Å². The Morgan fingerprint density at radius 3 is 2.23 bits per heavy atom. The van der Waals surface area contributed by atoms with Crippen molar-refractivity contribution < 1.29 is 23.1 Å². The number of nitrogens with one attached hydrogen (secondary N) is 2. The molecule has 0 aliphatic carbocycles. The summed E-state index contributed by atoms with van der Waals surface area (Å²) >= 11 is 0. The number of benzene rings is 2. The van der Waals surface area contributed by atoms with E-state index in [1.165, 1.54) is 19.1 Å². The monoisotopic (exact) mass is 417 g/mol. The molecule has 2 aromatic carbocycles. The highest BCUT2D eigenvalue weighted by atomic mass is 19.4. The van der Waals surface area contributed by atoms with Crippen molar-refractivity contribution in [3.63, 3.8) is 0 Å². The van der Waals surface area contributed by atoms with Crippen LogP contribution >= 0.6 is 0 Å². The van der Waals surface area contributed by atoms with E-state index in [2.05, 4.69) is 15.3 Å².